The highest BCUT2D eigenvalue weighted by Crippen LogP contribution is 2.37. The van der Waals surface area contributed by atoms with E-state index in [1.165, 1.54) is 0 Å². The van der Waals surface area contributed by atoms with E-state index in [2.05, 4.69) is 31.2 Å². The van der Waals surface area contributed by atoms with E-state index in [1.54, 1.807) is 23.0 Å². The third-order valence-corrected chi connectivity index (χ3v) is 6.43. The average molecular weight is 470 g/mol. The fourth-order valence-electron chi connectivity index (χ4n) is 4.48. The molecule has 3 heterocycles. The molecule has 0 amide bonds. The molecular formula is C26H24FN7O. The van der Waals surface area contributed by atoms with Gasteiger partial charge in [0.2, 0.25) is 0 Å². The summed E-state index contributed by atoms with van der Waals surface area (Å²) in [6, 6.07) is 11.0. The number of aliphatic hydroxyl groups is 1. The number of aromatic nitrogens is 6. The normalized spacial score (nSPS) is 14.7. The maximum atomic E-state index is 14.9. The number of hydrogen-bond acceptors (Lipinski definition) is 7. The van der Waals surface area contributed by atoms with E-state index in [4.69, 9.17) is 12.2 Å². The van der Waals surface area contributed by atoms with Crippen LogP contribution in [0, 0.1) is 25.1 Å². The average Bonchev–Trinajstić information content (AvgIpc) is 3.51. The number of anilines is 1. The van der Waals surface area contributed by atoms with E-state index in [0.29, 0.717) is 41.9 Å². The molecule has 35 heavy (non-hydrogen) atoms. The molecule has 9 heteroatoms. The van der Waals surface area contributed by atoms with Crippen LogP contribution in [0.1, 0.15) is 48.2 Å². The standard InChI is InChI=1S/C26H24FN7O/c1-3-17-8-6-10-19(16(17)2)25-30-23(22(27)24(28)31-25)20-15-34(33-32-20)14-18-9-7-11-21(29-18)26(35)12-4-5-13-26/h1,6-11,15,35H,4-5,12-14H2,2H3,(H2,28,30,31). The van der Waals surface area contributed by atoms with Crippen molar-refractivity contribution in [1.29, 1.82) is 0 Å². The van der Waals surface area contributed by atoms with E-state index in [1.807, 2.05) is 31.2 Å². The summed E-state index contributed by atoms with van der Waals surface area (Å²) in [4.78, 5) is 13.2. The highest BCUT2D eigenvalue weighted by Gasteiger charge is 2.34. The lowest BCUT2D eigenvalue weighted by atomic mass is 9.97. The minimum absolute atomic E-state index is 0.0498. The van der Waals surface area contributed by atoms with Gasteiger partial charge in [0, 0.05) is 11.1 Å². The van der Waals surface area contributed by atoms with Crippen LogP contribution in [-0.2, 0) is 12.1 Å². The van der Waals surface area contributed by atoms with Gasteiger partial charge in [0.05, 0.1) is 24.1 Å². The first-order chi connectivity index (χ1) is 16.9. The van der Waals surface area contributed by atoms with Crippen LogP contribution in [0.2, 0.25) is 0 Å². The predicted octanol–water partition coefficient (Wildman–Crippen LogP) is 3.62. The first-order valence-corrected chi connectivity index (χ1v) is 11.4. The van der Waals surface area contributed by atoms with E-state index in [9.17, 15) is 9.50 Å². The van der Waals surface area contributed by atoms with E-state index >= 15 is 0 Å². The summed E-state index contributed by atoms with van der Waals surface area (Å²) in [6.45, 7) is 2.15. The fraction of sp³-hybridized carbons (Fsp3) is 0.269. The van der Waals surface area contributed by atoms with Crippen molar-refractivity contribution in [2.45, 2.75) is 44.8 Å². The highest BCUT2D eigenvalue weighted by atomic mass is 19.1. The Balaban J connectivity index is 1.46. The van der Waals surface area contributed by atoms with Crippen molar-refractivity contribution in [2.75, 3.05) is 5.73 Å². The third-order valence-electron chi connectivity index (χ3n) is 6.43. The molecule has 0 bridgehead atoms. The van der Waals surface area contributed by atoms with Crippen molar-refractivity contribution in [3.8, 4) is 35.1 Å². The summed E-state index contributed by atoms with van der Waals surface area (Å²) >= 11 is 0. The molecule has 1 saturated carbocycles. The first-order valence-electron chi connectivity index (χ1n) is 11.4. The molecule has 1 fully saturated rings. The SMILES string of the molecule is C#Cc1cccc(-c2nc(N)c(F)c(-c3cn(Cc4cccc(C5(O)CCCC5)n4)nn3)n2)c1C. The molecule has 1 aliphatic carbocycles. The highest BCUT2D eigenvalue weighted by molar-refractivity contribution is 5.69. The Bertz CT molecular complexity index is 1450. The van der Waals surface area contributed by atoms with Crippen LogP contribution >= 0.6 is 0 Å². The fourth-order valence-corrected chi connectivity index (χ4v) is 4.48. The summed E-state index contributed by atoms with van der Waals surface area (Å²) in [5.74, 6) is 1.82. The van der Waals surface area contributed by atoms with Crippen molar-refractivity contribution >= 4 is 5.82 Å². The molecule has 3 N–H and O–H groups in total. The molecule has 3 aromatic heterocycles. The van der Waals surface area contributed by atoms with Crippen LogP contribution in [0.15, 0.2) is 42.6 Å². The summed E-state index contributed by atoms with van der Waals surface area (Å²) in [5, 5.41) is 19.1. The van der Waals surface area contributed by atoms with Gasteiger partial charge in [-0.15, -0.1) is 11.5 Å². The maximum Gasteiger partial charge on any atom is 0.193 e. The molecule has 176 valence electrons. The molecule has 0 spiro atoms. The van der Waals surface area contributed by atoms with Crippen molar-refractivity contribution < 1.29 is 9.50 Å². The summed E-state index contributed by atoms with van der Waals surface area (Å²) in [5.41, 5.74) is 8.69. The smallest absolute Gasteiger partial charge is 0.193 e. The van der Waals surface area contributed by atoms with Crippen LogP contribution in [0.4, 0.5) is 10.2 Å². The Kier molecular flexibility index (Phi) is 5.75. The zero-order valence-electron chi connectivity index (χ0n) is 19.2. The predicted molar refractivity (Wildman–Crippen MR) is 129 cm³/mol. The van der Waals surface area contributed by atoms with Gasteiger partial charge in [-0.1, -0.05) is 42.2 Å². The molecule has 1 aliphatic rings. The second kappa shape index (κ2) is 8.89. The Labute approximate surface area is 202 Å². The van der Waals surface area contributed by atoms with Gasteiger partial charge in [0.1, 0.15) is 17.0 Å². The number of nitrogens with two attached hydrogens (primary N) is 1. The molecule has 1 aromatic carbocycles. The summed E-state index contributed by atoms with van der Waals surface area (Å²) < 4.78 is 16.5. The molecule has 0 radical (unpaired) electrons. The maximum absolute atomic E-state index is 14.9. The molecule has 0 saturated heterocycles. The van der Waals surface area contributed by atoms with E-state index < -0.39 is 11.4 Å². The molecule has 0 atom stereocenters. The third kappa shape index (κ3) is 4.24. The lowest BCUT2D eigenvalue weighted by Crippen LogP contribution is -2.23. The molecule has 8 nitrogen and oxygen atoms in total. The Morgan fingerprint density at radius 3 is 2.69 bits per heavy atom. The molecule has 5 rings (SSSR count). The van der Waals surface area contributed by atoms with Crippen LogP contribution in [-0.4, -0.2) is 35.1 Å². The van der Waals surface area contributed by atoms with Gasteiger partial charge in [-0.3, -0.25) is 4.98 Å². The van der Waals surface area contributed by atoms with Crippen LogP contribution in [0.5, 0.6) is 0 Å². The first kappa shape index (κ1) is 22.6. The van der Waals surface area contributed by atoms with Crippen molar-refractivity contribution in [3.63, 3.8) is 0 Å². The number of halogens is 1. The number of benzene rings is 1. The van der Waals surface area contributed by atoms with Gasteiger partial charge in [-0.05, 0) is 43.5 Å². The van der Waals surface area contributed by atoms with Crippen molar-refractivity contribution in [3.05, 3.63) is 70.9 Å². The second-order valence-corrected chi connectivity index (χ2v) is 8.77. The van der Waals surface area contributed by atoms with Gasteiger partial charge < -0.3 is 10.8 Å². The summed E-state index contributed by atoms with van der Waals surface area (Å²) in [6.07, 6.45) is 10.5. The number of nitrogen functional groups attached to an aromatic ring is 1. The van der Waals surface area contributed by atoms with Gasteiger partial charge in [0.15, 0.2) is 17.5 Å². The Hall–Kier alpha value is -4.16. The second-order valence-electron chi connectivity index (χ2n) is 8.77. The topological polar surface area (TPSA) is 116 Å². The minimum Gasteiger partial charge on any atom is -0.384 e. The zero-order valence-corrected chi connectivity index (χ0v) is 19.2. The lowest BCUT2D eigenvalue weighted by molar-refractivity contribution is 0.0397. The number of pyridine rings is 1. The van der Waals surface area contributed by atoms with Crippen molar-refractivity contribution in [1.82, 2.24) is 29.9 Å². The summed E-state index contributed by atoms with van der Waals surface area (Å²) in [7, 11) is 0. The lowest BCUT2D eigenvalue weighted by Gasteiger charge is -2.21. The zero-order chi connectivity index (χ0) is 24.6. The molecule has 0 aliphatic heterocycles. The van der Waals surface area contributed by atoms with Gasteiger partial charge in [-0.25, -0.2) is 19.0 Å². The molecular weight excluding hydrogens is 445 g/mol. The monoisotopic (exact) mass is 469 g/mol. The molecule has 0 unspecified atom stereocenters. The van der Waals surface area contributed by atoms with E-state index in [-0.39, 0.29) is 23.0 Å². The van der Waals surface area contributed by atoms with Crippen LogP contribution in [0.25, 0.3) is 22.8 Å². The molecule has 4 aromatic rings. The van der Waals surface area contributed by atoms with Gasteiger partial charge >= 0.3 is 0 Å². The number of hydrogen-bond donors (Lipinski definition) is 2. The Morgan fingerprint density at radius 2 is 1.91 bits per heavy atom. The van der Waals surface area contributed by atoms with Crippen LogP contribution < -0.4 is 5.73 Å². The number of terminal acetylenes is 1. The van der Waals surface area contributed by atoms with E-state index in [0.717, 1.165) is 18.4 Å². The minimum atomic E-state index is -0.879. The Morgan fingerprint density at radius 1 is 1.14 bits per heavy atom. The van der Waals surface area contributed by atoms with Gasteiger partial charge in [-0.2, -0.15) is 0 Å². The number of nitrogens with zero attached hydrogens (tertiary/aromatic N) is 6. The van der Waals surface area contributed by atoms with Crippen molar-refractivity contribution in [2.24, 2.45) is 0 Å². The van der Waals surface area contributed by atoms with Crippen LogP contribution in [0.3, 0.4) is 0 Å². The number of rotatable bonds is 5. The largest absolute Gasteiger partial charge is 0.384 e. The van der Waals surface area contributed by atoms with Gasteiger partial charge in [0.25, 0.3) is 0 Å². The quantitative estimate of drug-likeness (QED) is 0.429.